The molecular formula is C17H12O8-2. The number of carboxylic acid groups (broad SMARTS) is 4. The summed E-state index contributed by atoms with van der Waals surface area (Å²) < 4.78 is 0. The summed E-state index contributed by atoms with van der Waals surface area (Å²) in [6.45, 7) is 1.50. The molecule has 8 heteroatoms. The number of carbonyl (C=O) groups excluding carboxylic acids is 2. The second kappa shape index (κ2) is 8.25. The van der Waals surface area contributed by atoms with Crippen molar-refractivity contribution in [2.75, 3.05) is 0 Å². The minimum Gasteiger partial charge on any atom is -0.545 e. The van der Waals surface area contributed by atoms with Crippen LogP contribution in [0.4, 0.5) is 0 Å². The van der Waals surface area contributed by atoms with Gasteiger partial charge in [-0.1, -0.05) is 30.3 Å². The third-order valence-electron chi connectivity index (χ3n) is 3.08. The molecule has 130 valence electrons. The van der Waals surface area contributed by atoms with E-state index < -0.39 is 23.9 Å². The van der Waals surface area contributed by atoms with Gasteiger partial charge in [0.15, 0.2) is 0 Å². The molecule has 2 N–H and O–H groups in total. The second-order valence-corrected chi connectivity index (χ2v) is 4.73. The van der Waals surface area contributed by atoms with E-state index in [9.17, 15) is 29.4 Å². The first-order valence-electron chi connectivity index (χ1n) is 6.74. The molecular weight excluding hydrogens is 332 g/mol. The highest BCUT2D eigenvalue weighted by Crippen LogP contribution is 2.12. The number of aryl methyl sites for hydroxylation is 1. The van der Waals surface area contributed by atoms with Crippen LogP contribution in [0.1, 0.15) is 47.0 Å². The second-order valence-electron chi connectivity index (χ2n) is 4.73. The topological polar surface area (TPSA) is 155 Å². The van der Waals surface area contributed by atoms with Crippen molar-refractivity contribution in [3.05, 3.63) is 70.3 Å². The van der Waals surface area contributed by atoms with Crippen molar-refractivity contribution < 1.29 is 39.6 Å². The Morgan fingerprint density at radius 1 is 0.720 bits per heavy atom. The summed E-state index contributed by atoms with van der Waals surface area (Å²) in [5.74, 6) is -5.47. The Kier molecular flexibility index (Phi) is 6.39. The third-order valence-corrected chi connectivity index (χ3v) is 3.08. The largest absolute Gasteiger partial charge is 0.545 e. The lowest BCUT2D eigenvalue weighted by Crippen LogP contribution is -2.30. The number of hydrogen-bond donors (Lipinski definition) is 2. The van der Waals surface area contributed by atoms with Gasteiger partial charge in [-0.3, -0.25) is 0 Å². The zero-order chi connectivity index (χ0) is 19.1. The fourth-order valence-electron chi connectivity index (χ4n) is 1.96. The van der Waals surface area contributed by atoms with Crippen molar-refractivity contribution in [3.8, 4) is 0 Å². The minimum atomic E-state index is -1.51. The van der Waals surface area contributed by atoms with E-state index in [1.165, 1.54) is 49.4 Å². The lowest BCUT2D eigenvalue weighted by atomic mass is 10.0. The maximum Gasteiger partial charge on any atom is 0.336 e. The number of benzene rings is 2. The summed E-state index contributed by atoms with van der Waals surface area (Å²) >= 11 is 0. The van der Waals surface area contributed by atoms with Gasteiger partial charge >= 0.3 is 11.9 Å². The summed E-state index contributed by atoms with van der Waals surface area (Å²) in [4.78, 5) is 41.9. The van der Waals surface area contributed by atoms with Gasteiger partial charge in [0.05, 0.1) is 23.1 Å². The average Bonchev–Trinajstić information content (AvgIpc) is 2.54. The first-order chi connectivity index (χ1) is 11.7. The van der Waals surface area contributed by atoms with Crippen molar-refractivity contribution in [2.24, 2.45) is 0 Å². The normalized spacial score (nSPS) is 9.48. The SMILES string of the molecule is Cc1cccc(C(=O)[O-])c1C(=O)[O-].O=C(O)c1ccccc1C(=O)O. The van der Waals surface area contributed by atoms with Crippen molar-refractivity contribution in [2.45, 2.75) is 6.92 Å². The smallest absolute Gasteiger partial charge is 0.336 e. The van der Waals surface area contributed by atoms with Gasteiger partial charge in [-0.05, 0) is 24.6 Å². The standard InChI is InChI=1S/C9H8O4.C8H6O4/c1-5-3-2-4-6(8(10)11)7(5)9(12)13;9-7(10)5-3-1-2-4-6(5)8(11)12/h2-4H,1H3,(H,10,11)(H,12,13);1-4H,(H,9,10)(H,11,12)/p-2. The lowest BCUT2D eigenvalue weighted by molar-refractivity contribution is -0.259. The number of aromatic carboxylic acids is 4. The number of hydrogen-bond acceptors (Lipinski definition) is 6. The molecule has 0 heterocycles. The molecule has 0 aliphatic heterocycles. The van der Waals surface area contributed by atoms with Crippen LogP contribution in [0.5, 0.6) is 0 Å². The summed E-state index contributed by atoms with van der Waals surface area (Å²) in [7, 11) is 0. The Balaban J connectivity index is 0.000000251. The molecule has 0 saturated heterocycles. The van der Waals surface area contributed by atoms with Gasteiger partial charge in [-0.2, -0.15) is 0 Å². The van der Waals surface area contributed by atoms with Gasteiger partial charge in [0, 0.05) is 11.1 Å². The van der Waals surface area contributed by atoms with E-state index in [1.54, 1.807) is 0 Å². The first-order valence-corrected chi connectivity index (χ1v) is 6.74. The van der Waals surface area contributed by atoms with Crippen LogP contribution in [0.25, 0.3) is 0 Å². The van der Waals surface area contributed by atoms with Gasteiger partial charge in [-0.15, -0.1) is 0 Å². The number of carboxylic acids is 4. The molecule has 8 nitrogen and oxygen atoms in total. The molecule has 0 spiro atoms. The lowest BCUT2D eigenvalue weighted by Gasteiger charge is -2.13. The van der Waals surface area contributed by atoms with Crippen molar-refractivity contribution in [1.82, 2.24) is 0 Å². The van der Waals surface area contributed by atoms with Crippen LogP contribution in [0.15, 0.2) is 42.5 Å². The molecule has 0 saturated carbocycles. The molecule has 2 rings (SSSR count). The highest BCUT2D eigenvalue weighted by atomic mass is 16.4. The van der Waals surface area contributed by atoms with E-state index in [0.717, 1.165) is 0 Å². The Morgan fingerprint density at radius 2 is 1.16 bits per heavy atom. The summed E-state index contributed by atoms with van der Waals surface area (Å²) in [5.41, 5.74) is -0.695. The van der Waals surface area contributed by atoms with Crippen LogP contribution in [-0.4, -0.2) is 34.1 Å². The predicted octanol–water partition coefficient (Wildman–Crippen LogP) is -0.195. The fourth-order valence-corrected chi connectivity index (χ4v) is 1.96. The fraction of sp³-hybridized carbons (Fsp3) is 0.0588. The van der Waals surface area contributed by atoms with E-state index in [0.29, 0.717) is 5.56 Å². The Morgan fingerprint density at radius 3 is 1.48 bits per heavy atom. The zero-order valence-corrected chi connectivity index (χ0v) is 12.9. The van der Waals surface area contributed by atoms with Gasteiger partial charge in [-0.25, -0.2) is 9.59 Å². The van der Waals surface area contributed by atoms with E-state index in [4.69, 9.17) is 10.2 Å². The highest BCUT2D eigenvalue weighted by Gasteiger charge is 2.13. The third kappa shape index (κ3) is 4.90. The van der Waals surface area contributed by atoms with Crippen molar-refractivity contribution in [1.29, 1.82) is 0 Å². The molecule has 25 heavy (non-hydrogen) atoms. The van der Waals surface area contributed by atoms with E-state index in [1.807, 2.05) is 0 Å². The molecule has 0 aromatic heterocycles. The van der Waals surface area contributed by atoms with Crippen LogP contribution in [-0.2, 0) is 0 Å². The Labute approximate surface area is 141 Å². The molecule has 0 atom stereocenters. The van der Waals surface area contributed by atoms with Crippen LogP contribution in [0.2, 0.25) is 0 Å². The summed E-state index contributed by atoms with van der Waals surface area (Å²) in [5, 5.41) is 38.1. The van der Waals surface area contributed by atoms with E-state index in [2.05, 4.69) is 0 Å². The minimum absolute atomic E-state index is 0.190. The van der Waals surface area contributed by atoms with Crippen LogP contribution < -0.4 is 10.2 Å². The van der Waals surface area contributed by atoms with Crippen molar-refractivity contribution in [3.63, 3.8) is 0 Å². The zero-order valence-electron chi connectivity index (χ0n) is 12.9. The van der Waals surface area contributed by atoms with Gasteiger partial charge in [0.2, 0.25) is 0 Å². The van der Waals surface area contributed by atoms with Gasteiger partial charge < -0.3 is 30.0 Å². The number of carbonyl (C=O) groups is 4. The van der Waals surface area contributed by atoms with Crippen LogP contribution >= 0.6 is 0 Å². The van der Waals surface area contributed by atoms with E-state index >= 15 is 0 Å². The van der Waals surface area contributed by atoms with Crippen molar-refractivity contribution >= 4 is 23.9 Å². The average molecular weight is 344 g/mol. The quantitative estimate of drug-likeness (QED) is 0.773. The first kappa shape index (κ1) is 19.4. The predicted molar refractivity (Wildman–Crippen MR) is 80.2 cm³/mol. The summed E-state index contributed by atoms with van der Waals surface area (Å²) in [6, 6.07) is 9.60. The maximum absolute atomic E-state index is 10.5. The maximum atomic E-state index is 10.5. The Bertz CT molecular complexity index is 805. The van der Waals surface area contributed by atoms with Gasteiger partial charge in [0.1, 0.15) is 0 Å². The Hall–Kier alpha value is -3.68. The van der Waals surface area contributed by atoms with Crippen LogP contribution in [0.3, 0.4) is 0 Å². The number of rotatable bonds is 4. The molecule has 0 fully saturated rings. The molecule has 0 unspecified atom stereocenters. The molecule has 0 amide bonds. The van der Waals surface area contributed by atoms with Gasteiger partial charge in [0.25, 0.3) is 0 Å². The van der Waals surface area contributed by atoms with Crippen LogP contribution in [0, 0.1) is 6.92 Å². The molecule has 2 aromatic rings. The molecule has 0 bridgehead atoms. The highest BCUT2D eigenvalue weighted by molar-refractivity contribution is 6.02. The van der Waals surface area contributed by atoms with E-state index in [-0.39, 0.29) is 22.3 Å². The molecule has 0 radical (unpaired) electrons. The molecule has 0 aliphatic carbocycles. The molecule has 2 aromatic carbocycles. The monoisotopic (exact) mass is 344 g/mol. The molecule has 0 aliphatic rings. The summed E-state index contributed by atoms with van der Waals surface area (Å²) in [6.07, 6.45) is 0.